The first kappa shape index (κ1) is 24.1. The predicted molar refractivity (Wildman–Crippen MR) is 115 cm³/mol. The summed E-state index contributed by atoms with van der Waals surface area (Å²) in [5.41, 5.74) is 1.30. The van der Waals surface area contributed by atoms with Gasteiger partial charge in [-0.05, 0) is 68.1 Å². The minimum Gasteiger partial charge on any atom is -0.494 e. The molecule has 0 spiro atoms. The molecule has 0 amide bonds. The molecule has 29 heavy (non-hydrogen) atoms. The van der Waals surface area contributed by atoms with Gasteiger partial charge in [0.1, 0.15) is 5.75 Å². The van der Waals surface area contributed by atoms with Crippen molar-refractivity contribution >= 4 is 0 Å². The van der Waals surface area contributed by atoms with Crippen LogP contribution in [0, 0.1) is 5.92 Å². The SMILES string of the molecule is CCCCCCCCCCOc1ccc([C@H]2CC[C@H](CCC(F)(F)F)CC2)cc1. The van der Waals surface area contributed by atoms with Gasteiger partial charge in [-0.25, -0.2) is 0 Å². The van der Waals surface area contributed by atoms with Crippen molar-refractivity contribution in [2.45, 2.75) is 109 Å². The van der Waals surface area contributed by atoms with Crippen molar-refractivity contribution in [2.75, 3.05) is 6.61 Å². The second-order valence-corrected chi connectivity index (χ2v) is 8.76. The summed E-state index contributed by atoms with van der Waals surface area (Å²) >= 11 is 0. The number of hydrogen-bond donors (Lipinski definition) is 0. The molecule has 1 aromatic carbocycles. The quantitative estimate of drug-likeness (QED) is 0.294. The molecule has 0 heterocycles. The zero-order valence-corrected chi connectivity index (χ0v) is 18.1. The highest BCUT2D eigenvalue weighted by Crippen LogP contribution is 2.39. The van der Waals surface area contributed by atoms with Gasteiger partial charge in [-0.1, -0.05) is 64.0 Å². The number of unbranched alkanes of at least 4 members (excludes halogenated alkanes) is 7. The number of rotatable bonds is 13. The normalized spacial score (nSPS) is 20.0. The van der Waals surface area contributed by atoms with E-state index in [9.17, 15) is 13.2 Å². The Hall–Kier alpha value is -1.19. The Bertz CT molecular complexity index is 530. The second kappa shape index (κ2) is 13.2. The number of ether oxygens (including phenoxy) is 1. The van der Waals surface area contributed by atoms with Crippen LogP contribution in [0.25, 0.3) is 0 Å². The highest BCUT2D eigenvalue weighted by atomic mass is 19.4. The van der Waals surface area contributed by atoms with E-state index in [1.807, 2.05) is 0 Å². The van der Waals surface area contributed by atoms with Crippen LogP contribution in [0.3, 0.4) is 0 Å². The van der Waals surface area contributed by atoms with Gasteiger partial charge in [0.15, 0.2) is 0 Å². The van der Waals surface area contributed by atoms with Gasteiger partial charge in [0.25, 0.3) is 0 Å². The maximum Gasteiger partial charge on any atom is 0.389 e. The minimum atomic E-state index is -4.01. The van der Waals surface area contributed by atoms with E-state index in [0.717, 1.165) is 44.5 Å². The molecular formula is C25H39F3O. The van der Waals surface area contributed by atoms with Crippen molar-refractivity contribution in [3.05, 3.63) is 29.8 Å². The topological polar surface area (TPSA) is 9.23 Å². The van der Waals surface area contributed by atoms with Crippen LogP contribution in [0.2, 0.25) is 0 Å². The Morgan fingerprint density at radius 1 is 0.828 bits per heavy atom. The third-order valence-corrected chi connectivity index (χ3v) is 6.30. The Morgan fingerprint density at radius 3 is 2.00 bits per heavy atom. The Morgan fingerprint density at radius 2 is 1.41 bits per heavy atom. The summed E-state index contributed by atoms with van der Waals surface area (Å²) in [6, 6.07) is 8.39. The summed E-state index contributed by atoms with van der Waals surface area (Å²) in [5, 5.41) is 0. The summed E-state index contributed by atoms with van der Waals surface area (Å²) in [7, 11) is 0. The van der Waals surface area contributed by atoms with Crippen molar-refractivity contribution in [2.24, 2.45) is 5.92 Å². The van der Waals surface area contributed by atoms with Gasteiger partial charge >= 0.3 is 6.18 Å². The van der Waals surface area contributed by atoms with Crippen LogP contribution in [-0.4, -0.2) is 12.8 Å². The molecular weight excluding hydrogens is 373 g/mol. The van der Waals surface area contributed by atoms with Gasteiger partial charge in [0.2, 0.25) is 0 Å². The fraction of sp³-hybridized carbons (Fsp3) is 0.760. The minimum absolute atomic E-state index is 0.238. The van der Waals surface area contributed by atoms with Crippen LogP contribution in [0.15, 0.2) is 24.3 Å². The lowest BCUT2D eigenvalue weighted by molar-refractivity contribution is -0.138. The molecule has 0 N–H and O–H groups in total. The lowest BCUT2D eigenvalue weighted by Crippen LogP contribution is -2.16. The fourth-order valence-corrected chi connectivity index (χ4v) is 4.41. The molecule has 0 saturated heterocycles. The zero-order valence-electron chi connectivity index (χ0n) is 18.1. The molecule has 1 aromatic rings. The van der Waals surface area contributed by atoms with E-state index in [1.165, 1.54) is 50.5 Å². The van der Waals surface area contributed by atoms with E-state index in [0.29, 0.717) is 12.3 Å². The molecule has 1 nitrogen and oxygen atoms in total. The smallest absolute Gasteiger partial charge is 0.389 e. The molecule has 0 atom stereocenters. The average Bonchev–Trinajstić information content (AvgIpc) is 2.71. The summed E-state index contributed by atoms with van der Waals surface area (Å²) in [5.74, 6) is 1.65. The molecule has 1 fully saturated rings. The van der Waals surface area contributed by atoms with Gasteiger partial charge in [0, 0.05) is 6.42 Å². The average molecular weight is 413 g/mol. The second-order valence-electron chi connectivity index (χ2n) is 8.76. The molecule has 166 valence electrons. The molecule has 0 unspecified atom stereocenters. The molecule has 4 heteroatoms. The van der Waals surface area contributed by atoms with Crippen molar-refractivity contribution < 1.29 is 17.9 Å². The third kappa shape index (κ3) is 10.4. The van der Waals surface area contributed by atoms with Crippen molar-refractivity contribution in [3.8, 4) is 5.75 Å². The highest BCUT2D eigenvalue weighted by molar-refractivity contribution is 5.29. The molecule has 2 rings (SSSR count). The molecule has 0 radical (unpaired) electrons. The molecule has 0 aliphatic heterocycles. The van der Waals surface area contributed by atoms with Crippen molar-refractivity contribution in [1.29, 1.82) is 0 Å². The molecule has 1 aliphatic rings. The number of hydrogen-bond acceptors (Lipinski definition) is 1. The van der Waals surface area contributed by atoms with Crippen LogP contribution in [0.5, 0.6) is 5.75 Å². The highest BCUT2D eigenvalue weighted by Gasteiger charge is 2.30. The van der Waals surface area contributed by atoms with E-state index in [1.54, 1.807) is 0 Å². The largest absolute Gasteiger partial charge is 0.494 e. The summed E-state index contributed by atoms with van der Waals surface area (Å²) < 4.78 is 43.0. The van der Waals surface area contributed by atoms with E-state index in [-0.39, 0.29) is 5.92 Å². The zero-order chi connectivity index (χ0) is 21.0. The number of benzene rings is 1. The maximum atomic E-state index is 12.4. The monoisotopic (exact) mass is 412 g/mol. The lowest BCUT2D eigenvalue weighted by Gasteiger charge is -2.29. The lowest BCUT2D eigenvalue weighted by atomic mass is 9.77. The Kier molecular flexibility index (Phi) is 10.9. The number of halogens is 3. The Labute approximate surface area is 175 Å². The molecule has 0 aromatic heterocycles. The van der Waals surface area contributed by atoms with Gasteiger partial charge in [-0.2, -0.15) is 13.2 Å². The van der Waals surface area contributed by atoms with E-state index >= 15 is 0 Å². The van der Waals surface area contributed by atoms with Crippen molar-refractivity contribution in [3.63, 3.8) is 0 Å². The Balaban J connectivity index is 1.58. The van der Waals surface area contributed by atoms with Gasteiger partial charge < -0.3 is 4.74 Å². The maximum absolute atomic E-state index is 12.4. The van der Waals surface area contributed by atoms with Crippen LogP contribution >= 0.6 is 0 Å². The summed E-state index contributed by atoms with van der Waals surface area (Å²) in [4.78, 5) is 0. The first-order valence-electron chi connectivity index (χ1n) is 11.8. The van der Waals surface area contributed by atoms with Crippen LogP contribution in [-0.2, 0) is 0 Å². The van der Waals surface area contributed by atoms with Crippen molar-refractivity contribution in [1.82, 2.24) is 0 Å². The summed E-state index contributed by atoms with van der Waals surface area (Å²) in [6.07, 6.45) is 9.86. The van der Waals surface area contributed by atoms with E-state index < -0.39 is 12.6 Å². The third-order valence-electron chi connectivity index (χ3n) is 6.30. The fourth-order valence-electron chi connectivity index (χ4n) is 4.41. The van der Waals surface area contributed by atoms with Crippen LogP contribution < -0.4 is 4.74 Å². The van der Waals surface area contributed by atoms with E-state index in [4.69, 9.17) is 4.74 Å². The van der Waals surface area contributed by atoms with Gasteiger partial charge in [-0.15, -0.1) is 0 Å². The predicted octanol–water partition coefficient (Wildman–Crippen LogP) is 8.82. The first-order chi connectivity index (χ1) is 14.0. The number of alkyl halides is 3. The van der Waals surface area contributed by atoms with Crippen LogP contribution in [0.1, 0.15) is 108 Å². The standard InChI is InChI=1S/C25H39F3O/c1-2-3-4-5-6-7-8-9-20-29-24-16-14-23(15-17-24)22-12-10-21(11-13-22)18-19-25(26,27)28/h14-17,21-22H,2-13,18-20H2,1H3/t21-,22-. The molecule has 1 saturated carbocycles. The van der Waals surface area contributed by atoms with Gasteiger partial charge in [0.05, 0.1) is 6.61 Å². The summed E-state index contributed by atoms with van der Waals surface area (Å²) in [6.45, 7) is 3.02. The molecule has 0 bridgehead atoms. The van der Waals surface area contributed by atoms with Gasteiger partial charge in [-0.3, -0.25) is 0 Å². The van der Waals surface area contributed by atoms with E-state index in [2.05, 4.69) is 31.2 Å². The molecule has 1 aliphatic carbocycles. The first-order valence-corrected chi connectivity index (χ1v) is 11.8. The van der Waals surface area contributed by atoms with Crippen LogP contribution in [0.4, 0.5) is 13.2 Å².